The third kappa shape index (κ3) is 13.0. The van der Waals surface area contributed by atoms with Gasteiger partial charge in [0, 0.05) is 13.0 Å². The highest BCUT2D eigenvalue weighted by molar-refractivity contribution is 5.96. The molecule has 13 nitrogen and oxygen atoms in total. The number of halogens is 3. The number of carbonyl (C=O) groups is 6. The van der Waals surface area contributed by atoms with Crippen molar-refractivity contribution in [2.75, 3.05) is 13.2 Å². The summed E-state index contributed by atoms with van der Waals surface area (Å²) >= 11 is 0. The van der Waals surface area contributed by atoms with Crippen LogP contribution in [-0.2, 0) is 35.1 Å². The minimum Gasteiger partial charge on any atom is -0.480 e. The van der Waals surface area contributed by atoms with E-state index < -0.39 is 65.5 Å². The molecule has 3 amide bonds. The summed E-state index contributed by atoms with van der Waals surface area (Å²) in [5.41, 5.74) is 6.12. The van der Waals surface area contributed by atoms with Gasteiger partial charge in [-0.1, -0.05) is 62.4 Å². The van der Waals surface area contributed by atoms with Crippen LogP contribution < -0.4 is 16.4 Å². The van der Waals surface area contributed by atoms with Crippen LogP contribution in [0.1, 0.15) is 74.7 Å². The van der Waals surface area contributed by atoms with Crippen molar-refractivity contribution in [1.82, 2.24) is 15.5 Å². The molecule has 3 atom stereocenters. The highest BCUT2D eigenvalue weighted by Gasteiger charge is 2.42. The molecular formula is C35H45F3N4O9. The molecule has 1 aliphatic rings. The second-order valence-corrected chi connectivity index (χ2v) is 11.9. The first-order valence-corrected chi connectivity index (χ1v) is 16.5. The number of aliphatic carboxylic acids is 2. The fourth-order valence-electron chi connectivity index (χ4n) is 5.39. The molecule has 16 heteroatoms. The maximum absolute atomic E-state index is 13.8. The minimum atomic E-state index is -5.08. The van der Waals surface area contributed by atoms with Gasteiger partial charge in [0.25, 0.3) is 0 Å². The fraction of sp³-hybridized carbons (Fsp3) is 0.486. The van der Waals surface area contributed by atoms with Gasteiger partial charge in [0.2, 0.25) is 17.7 Å². The van der Waals surface area contributed by atoms with E-state index in [4.69, 9.17) is 20.4 Å². The molecule has 6 N–H and O–H groups in total. The number of unbranched alkanes of at least 4 members (excludes halogenated alkanes) is 1. The summed E-state index contributed by atoms with van der Waals surface area (Å²) in [5.74, 6) is -5.75. The average molecular weight is 723 g/mol. The lowest BCUT2D eigenvalue weighted by Crippen LogP contribution is -2.64. The van der Waals surface area contributed by atoms with Gasteiger partial charge in [-0.15, -0.1) is 0 Å². The van der Waals surface area contributed by atoms with Crippen molar-refractivity contribution < 1.29 is 56.9 Å². The van der Waals surface area contributed by atoms with Gasteiger partial charge in [-0.25, -0.2) is 14.4 Å². The van der Waals surface area contributed by atoms with Gasteiger partial charge in [-0.2, -0.15) is 13.2 Å². The van der Waals surface area contributed by atoms with Gasteiger partial charge < -0.3 is 36.2 Å². The zero-order valence-electron chi connectivity index (χ0n) is 28.5. The molecule has 3 rings (SSSR count). The first-order valence-electron chi connectivity index (χ1n) is 16.5. The molecule has 0 aliphatic carbocycles. The number of hydrogen-bond acceptors (Lipinski definition) is 8. The van der Waals surface area contributed by atoms with Crippen LogP contribution in [0, 0.1) is 0 Å². The number of carbonyl (C=O) groups excluding carboxylic acids is 4. The van der Waals surface area contributed by atoms with Crippen molar-refractivity contribution in [3.8, 4) is 0 Å². The van der Waals surface area contributed by atoms with Gasteiger partial charge in [-0.3, -0.25) is 14.4 Å². The third-order valence-corrected chi connectivity index (χ3v) is 8.44. The first-order chi connectivity index (χ1) is 24.1. The topological polar surface area (TPSA) is 205 Å². The normalized spacial score (nSPS) is 15.4. The molecule has 0 bridgehead atoms. The lowest BCUT2D eigenvalue weighted by Gasteiger charge is -2.35. The smallest absolute Gasteiger partial charge is 0.480 e. The van der Waals surface area contributed by atoms with Gasteiger partial charge in [0.1, 0.15) is 17.6 Å². The Bertz CT molecular complexity index is 1470. The number of carboxylic acid groups (broad SMARTS) is 2. The highest BCUT2D eigenvalue weighted by Crippen LogP contribution is 2.22. The number of rotatable bonds is 16. The van der Waals surface area contributed by atoms with E-state index in [-0.39, 0.29) is 25.9 Å². The Kier molecular flexibility index (Phi) is 16.5. The quantitative estimate of drug-likeness (QED) is 0.126. The van der Waals surface area contributed by atoms with Gasteiger partial charge in [0.05, 0.1) is 18.2 Å². The van der Waals surface area contributed by atoms with E-state index in [9.17, 15) is 42.3 Å². The van der Waals surface area contributed by atoms with E-state index in [0.29, 0.717) is 44.2 Å². The second-order valence-electron chi connectivity index (χ2n) is 11.9. The van der Waals surface area contributed by atoms with Crippen LogP contribution in [0.15, 0.2) is 60.7 Å². The Labute approximate surface area is 293 Å². The maximum Gasteiger partial charge on any atom is 0.490 e. The summed E-state index contributed by atoms with van der Waals surface area (Å²) in [6.07, 6.45) is -2.14. The molecule has 2 aromatic carbocycles. The van der Waals surface area contributed by atoms with E-state index in [0.717, 1.165) is 5.56 Å². The maximum atomic E-state index is 13.8. The van der Waals surface area contributed by atoms with Gasteiger partial charge >= 0.3 is 24.1 Å². The first kappa shape index (κ1) is 42.2. The molecule has 0 saturated carbocycles. The van der Waals surface area contributed by atoms with Crippen LogP contribution in [0.4, 0.5) is 13.2 Å². The number of nitrogens with one attached hydrogen (secondary N) is 2. The predicted octanol–water partition coefficient (Wildman–Crippen LogP) is 3.45. The van der Waals surface area contributed by atoms with Crippen molar-refractivity contribution in [2.45, 2.75) is 95.1 Å². The largest absolute Gasteiger partial charge is 0.490 e. The highest BCUT2D eigenvalue weighted by atomic mass is 19.4. The molecule has 1 aliphatic heterocycles. The Morgan fingerprint density at radius 3 is 2.04 bits per heavy atom. The Hall–Kier alpha value is -4.99. The molecule has 1 fully saturated rings. The number of amides is 3. The van der Waals surface area contributed by atoms with Gasteiger partial charge in [0.15, 0.2) is 0 Å². The number of ether oxygens (including phenoxy) is 1. The second kappa shape index (κ2) is 20.0. The van der Waals surface area contributed by atoms with E-state index in [1.165, 1.54) is 4.90 Å². The van der Waals surface area contributed by atoms with Crippen LogP contribution in [0.2, 0.25) is 0 Å². The van der Waals surface area contributed by atoms with Crippen molar-refractivity contribution in [2.24, 2.45) is 5.73 Å². The molecule has 0 spiro atoms. The van der Waals surface area contributed by atoms with Crippen LogP contribution in [0.3, 0.4) is 0 Å². The van der Waals surface area contributed by atoms with Crippen LogP contribution in [0.5, 0.6) is 0 Å². The third-order valence-electron chi connectivity index (χ3n) is 8.44. The monoisotopic (exact) mass is 722 g/mol. The Morgan fingerprint density at radius 1 is 0.941 bits per heavy atom. The lowest BCUT2D eigenvalue weighted by molar-refractivity contribution is -0.192. The summed E-state index contributed by atoms with van der Waals surface area (Å²) in [4.78, 5) is 74.7. The number of benzene rings is 2. The number of nitrogens with two attached hydrogens (primary N) is 1. The fourth-order valence-corrected chi connectivity index (χ4v) is 5.39. The van der Waals surface area contributed by atoms with Crippen LogP contribution >= 0.6 is 0 Å². The number of nitrogens with zero attached hydrogens (tertiary/aromatic N) is 1. The molecular weight excluding hydrogens is 677 g/mol. The number of esters is 1. The van der Waals surface area contributed by atoms with Crippen LogP contribution in [0.25, 0.3) is 0 Å². The van der Waals surface area contributed by atoms with Crippen molar-refractivity contribution in [3.05, 3.63) is 71.8 Å². The summed E-state index contributed by atoms with van der Waals surface area (Å²) in [6.45, 7) is 4.02. The summed E-state index contributed by atoms with van der Waals surface area (Å²) < 4.78 is 37.0. The number of likely N-dealkylation sites (tertiary alicyclic amines) is 1. The van der Waals surface area contributed by atoms with Gasteiger partial charge in [-0.05, 0) is 62.6 Å². The molecule has 2 aromatic rings. The van der Waals surface area contributed by atoms with Crippen molar-refractivity contribution in [3.63, 3.8) is 0 Å². The number of carboxylic acids is 2. The van der Waals surface area contributed by atoms with E-state index in [1.807, 2.05) is 36.4 Å². The molecule has 1 heterocycles. The molecule has 51 heavy (non-hydrogen) atoms. The summed E-state index contributed by atoms with van der Waals surface area (Å²) in [7, 11) is 0. The molecule has 0 unspecified atom stereocenters. The molecule has 1 saturated heterocycles. The lowest BCUT2D eigenvalue weighted by atomic mass is 9.90. The van der Waals surface area contributed by atoms with E-state index >= 15 is 0 Å². The zero-order valence-corrected chi connectivity index (χ0v) is 28.5. The van der Waals surface area contributed by atoms with Crippen molar-refractivity contribution in [1.29, 1.82) is 0 Å². The Morgan fingerprint density at radius 2 is 1.51 bits per heavy atom. The van der Waals surface area contributed by atoms with Crippen LogP contribution in [-0.4, -0.2) is 93.7 Å². The summed E-state index contributed by atoms with van der Waals surface area (Å²) in [6, 6.07) is 15.0. The Balaban J connectivity index is 0.00000116. The molecule has 0 radical (unpaired) electrons. The van der Waals surface area contributed by atoms with E-state index in [2.05, 4.69) is 10.6 Å². The number of hydrogen-bond donors (Lipinski definition) is 5. The average Bonchev–Trinajstić information content (AvgIpc) is 3.61. The van der Waals surface area contributed by atoms with E-state index in [1.54, 1.807) is 38.1 Å². The minimum absolute atomic E-state index is 0.167. The zero-order chi connectivity index (χ0) is 38.2. The predicted molar refractivity (Wildman–Crippen MR) is 178 cm³/mol. The SMILES string of the molecule is CCC(CC)(NC(=O)[C@@H](N)CCCCOC(=O)c1ccccc1)C(=O)N[C@@H](Cc1ccccc1)C(=O)N1CCC[C@@H]1C(=O)O.O=C(O)C(F)(F)F. The number of alkyl halides is 3. The standard InChI is InChI=1S/C33H44N4O7.C2HF3O2/c1-3-33(4-2,36-28(38)25(34)18-11-12-21-44-31(42)24-16-9-6-10-17-24)32(43)35-26(22-23-14-7-5-8-15-23)29(39)37-20-13-19-27(37)30(40)41;3-2(4,5)1(6)7/h5-10,14-17,25-27H,3-4,11-13,18-22,34H2,1-2H3,(H,35,43)(H,36,38)(H,40,41);(H,6,7)/t25-,26-,27+;/m0./s1. The molecule has 280 valence electrons. The molecule has 0 aromatic heterocycles. The summed E-state index contributed by atoms with van der Waals surface area (Å²) in [5, 5.41) is 22.4. The van der Waals surface area contributed by atoms with Crippen molar-refractivity contribution >= 4 is 35.6 Å².